The van der Waals surface area contributed by atoms with Crippen molar-refractivity contribution in [3.05, 3.63) is 12.8 Å². The zero-order valence-corrected chi connectivity index (χ0v) is 35.2. The molecule has 1 rings (SSSR count). The van der Waals surface area contributed by atoms with Crippen molar-refractivity contribution in [2.45, 2.75) is 194 Å². The molecular weight excluding hydrogens is 638 g/mol. The van der Waals surface area contributed by atoms with E-state index in [2.05, 4.69) is 24.6 Å². The molecule has 2 N–H and O–H groups in total. The number of rotatable bonds is 29. The minimum Gasteiger partial charge on any atom is -1.00 e. The molecule has 0 saturated carbocycles. The summed E-state index contributed by atoms with van der Waals surface area (Å²) in [4.78, 5) is 22.6. The summed E-state index contributed by atoms with van der Waals surface area (Å²) < 4.78 is 33.0. The van der Waals surface area contributed by atoms with Crippen molar-refractivity contribution in [2.24, 2.45) is 0 Å². The quantitative estimate of drug-likeness (QED) is 0.0462. The van der Waals surface area contributed by atoms with Crippen LogP contribution >= 0.6 is 0 Å². The number of carbonyl (C=O) groups is 2. The summed E-state index contributed by atoms with van der Waals surface area (Å²) in [6, 6.07) is 0. The van der Waals surface area contributed by atoms with Crippen LogP contribution in [0.5, 0.6) is 0 Å². The van der Waals surface area contributed by atoms with E-state index in [-0.39, 0.29) is 69.4 Å². The summed E-state index contributed by atoms with van der Waals surface area (Å²) in [5, 5.41) is 8.52. The van der Waals surface area contributed by atoms with Crippen molar-refractivity contribution in [2.75, 3.05) is 13.2 Å². The predicted octanol–water partition coefficient (Wildman–Crippen LogP) is 7.77. The molecule has 11 heteroatoms. The van der Waals surface area contributed by atoms with Crippen molar-refractivity contribution >= 4 is 45.3 Å². The van der Waals surface area contributed by atoms with Gasteiger partial charge in [-0.1, -0.05) is 168 Å². The van der Waals surface area contributed by atoms with E-state index >= 15 is 0 Å². The van der Waals surface area contributed by atoms with Crippen molar-refractivity contribution in [3.8, 4) is 0 Å². The maximum atomic E-state index is 10.7. The monoisotopic (exact) mass is 711 g/mol. The molecule has 0 atom stereocenters. The van der Waals surface area contributed by atoms with Gasteiger partial charge in [0, 0.05) is 19.4 Å². The largest absolute Gasteiger partial charge is 2.00 e. The fraction of sp³-hybridized carbons (Fsp3) is 0.889. The molecule has 0 unspecified atom stereocenters. The number of hydrogen-bond acceptors (Lipinski definition) is 5. The minimum atomic E-state index is -4.23. The maximum Gasteiger partial charge on any atom is 2.00 e. The van der Waals surface area contributed by atoms with E-state index in [1.807, 2.05) is 0 Å². The van der Waals surface area contributed by atoms with Crippen LogP contribution in [0.2, 0.25) is 0 Å². The molecule has 0 aromatic rings. The first-order valence-electron chi connectivity index (χ1n) is 18.4. The number of unbranched alkanes of at least 4 members (excludes halogenated alkanes) is 23. The van der Waals surface area contributed by atoms with Crippen molar-refractivity contribution in [1.29, 1.82) is 0 Å². The van der Waals surface area contributed by atoms with Gasteiger partial charge in [-0.25, -0.2) is 4.18 Å². The summed E-state index contributed by atoms with van der Waals surface area (Å²) in [6.45, 7) is 8.94. The molecule has 0 aliphatic carbocycles. The molecule has 0 radical (unpaired) electrons. The van der Waals surface area contributed by atoms with Gasteiger partial charge in [-0.05, 0) is 25.5 Å². The Morgan fingerprint density at radius 2 is 1.09 bits per heavy atom. The zero-order chi connectivity index (χ0) is 33.9. The molecule has 1 amide bonds. The zero-order valence-electron chi connectivity index (χ0n) is 34.0. The SMILES string of the molecule is C=CN1CCCC1=O.CCCCCCCCCCCCCCCCCC(=O)O.CCCCCCCCCCCCOS(=O)(=O)O.[H-].[H-].[H-].[Mg+2].[Na+]. The summed E-state index contributed by atoms with van der Waals surface area (Å²) >= 11 is 0. The molecule has 8 nitrogen and oxygen atoms in total. The molecule has 47 heavy (non-hydrogen) atoms. The second-order valence-corrected chi connectivity index (χ2v) is 13.5. The average Bonchev–Trinajstić information content (AvgIpc) is 3.42. The molecule has 1 aliphatic rings. The van der Waals surface area contributed by atoms with Crippen LogP contribution in [-0.2, 0) is 24.2 Å². The number of amides is 1. The number of carboxylic acid groups (broad SMARTS) is 1. The van der Waals surface area contributed by atoms with Crippen LogP contribution in [-0.4, -0.2) is 71.1 Å². The number of likely N-dealkylation sites (tertiary alicyclic amines) is 1. The molecule has 274 valence electrons. The molecule has 1 aliphatic heterocycles. The van der Waals surface area contributed by atoms with Gasteiger partial charge < -0.3 is 14.3 Å². The Morgan fingerprint density at radius 1 is 0.745 bits per heavy atom. The Morgan fingerprint density at radius 3 is 1.34 bits per heavy atom. The van der Waals surface area contributed by atoms with E-state index in [9.17, 15) is 18.0 Å². The summed E-state index contributed by atoms with van der Waals surface area (Å²) in [5.74, 6) is -0.445. The van der Waals surface area contributed by atoms with E-state index < -0.39 is 16.4 Å². The predicted molar refractivity (Wildman–Crippen MR) is 197 cm³/mol. The summed E-state index contributed by atoms with van der Waals surface area (Å²) in [6.07, 6.45) is 35.3. The number of nitrogens with zero attached hydrogens (tertiary/aromatic N) is 1. The van der Waals surface area contributed by atoms with E-state index in [0.717, 1.165) is 38.6 Å². The van der Waals surface area contributed by atoms with Crippen LogP contribution in [0.4, 0.5) is 0 Å². The van der Waals surface area contributed by atoms with Gasteiger partial charge in [0.05, 0.1) is 6.61 Å². The molecule has 0 bridgehead atoms. The van der Waals surface area contributed by atoms with Crippen LogP contribution in [0.15, 0.2) is 12.8 Å². The minimum absolute atomic E-state index is 0. The standard InChI is InChI=1S/C18H36O2.C12H26O4S.C6H9NO.Mg.Na.3H/c1-2-3-4-5-6-7-8-9-10-11-12-13-14-15-16-17-18(19)20;1-2-3-4-5-6-7-8-9-10-11-12-16-17(13,14)15;1-2-7-5-3-4-6(7)8;;;;;/h2-17H2,1H3,(H,19,20);2-12H2,1H3,(H,13,14,15);2H,1,3-5H2;;;;;/q;;;+2;+1;3*-1. The van der Waals surface area contributed by atoms with Gasteiger partial charge in [-0.15, -0.1) is 0 Å². The topological polar surface area (TPSA) is 121 Å². The second kappa shape index (κ2) is 42.5. The normalized spacial score (nSPS) is 12.2. The van der Waals surface area contributed by atoms with Crippen LogP contribution < -0.4 is 29.6 Å². The first kappa shape index (κ1) is 54.1. The van der Waals surface area contributed by atoms with Gasteiger partial charge in [0.25, 0.3) is 0 Å². The van der Waals surface area contributed by atoms with E-state index in [0.29, 0.717) is 19.3 Å². The first-order valence-corrected chi connectivity index (χ1v) is 19.8. The van der Waals surface area contributed by atoms with Crippen LogP contribution in [0.3, 0.4) is 0 Å². The first-order chi connectivity index (χ1) is 21.7. The van der Waals surface area contributed by atoms with Crippen molar-refractivity contribution < 1.29 is 65.7 Å². The molecule has 0 aromatic heterocycles. The molecule has 0 aromatic carbocycles. The summed E-state index contributed by atoms with van der Waals surface area (Å²) in [5.41, 5.74) is 0. The van der Waals surface area contributed by atoms with Crippen LogP contribution in [0.1, 0.15) is 198 Å². The Labute approximate surface area is 333 Å². The van der Waals surface area contributed by atoms with E-state index in [4.69, 9.17) is 9.66 Å². The molecule has 1 fully saturated rings. The van der Waals surface area contributed by atoms with Crippen molar-refractivity contribution in [1.82, 2.24) is 4.90 Å². The molecule has 1 saturated heterocycles. The smallest absolute Gasteiger partial charge is 1.00 e. The number of hydrogen-bond donors (Lipinski definition) is 2. The van der Waals surface area contributed by atoms with Gasteiger partial charge in [0.2, 0.25) is 5.91 Å². The fourth-order valence-electron chi connectivity index (χ4n) is 5.26. The third-order valence-electron chi connectivity index (χ3n) is 8.05. The maximum absolute atomic E-state index is 10.7. The van der Waals surface area contributed by atoms with Gasteiger partial charge in [0.1, 0.15) is 0 Å². The number of carboxylic acids is 1. The van der Waals surface area contributed by atoms with Crippen LogP contribution in [0.25, 0.3) is 0 Å². The van der Waals surface area contributed by atoms with Crippen molar-refractivity contribution in [3.63, 3.8) is 0 Å². The Bertz CT molecular complexity index is 804. The third kappa shape index (κ3) is 48.5. The van der Waals surface area contributed by atoms with E-state index in [1.54, 1.807) is 11.1 Å². The fourth-order valence-corrected chi connectivity index (χ4v) is 5.59. The number of aliphatic carboxylic acids is 1. The molecular formula is C36H74MgNNaO7S. The Hall–Kier alpha value is 0.316. The van der Waals surface area contributed by atoms with Gasteiger partial charge in [-0.3, -0.25) is 14.1 Å². The molecule has 1 heterocycles. The Kier molecular flexibility index (Phi) is 48.9. The second-order valence-electron chi connectivity index (χ2n) is 12.4. The average molecular weight is 712 g/mol. The van der Waals surface area contributed by atoms with Gasteiger partial charge in [-0.2, -0.15) is 8.42 Å². The third-order valence-corrected chi connectivity index (χ3v) is 8.52. The van der Waals surface area contributed by atoms with Crippen LogP contribution in [0, 0.1) is 0 Å². The summed E-state index contributed by atoms with van der Waals surface area (Å²) in [7, 11) is -4.23. The van der Waals surface area contributed by atoms with Gasteiger partial charge >= 0.3 is 69.0 Å². The molecule has 0 spiro atoms. The Balaban J connectivity index is -0.000000113. The van der Waals surface area contributed by atoms with E-state index in [1.165, 1.54) is 128 Å². The number of carbonyl (C=O) groups excluding carboxylic acids is 1. The van der Waals surface area contributed by atoms with Gasteiger partial charge in [0.15, 0.2) is 0 Å².